The van der Waals surface area contributed by atoms with Gasteiger partial charge in [-0.1, -0.05) is 0 Å². The molecule has 0 spiro atoms. The van der Waals surface area contributed by atoms with Crippen LogP contribution in [0.15, 0.2) is 12.5 Å². The number of rotatable bonds is 0. The van der Waals surface area contributed by atoms with E-state index in [0.717, 1.165) is 34.3 Å². The Morgan fingerprint density at radius 2 is 2.07 bits per heavy atom. The predicted molar refractivity (Wildman–Crippen MR) is 51.4 cm³/mol. The smallest absolute Gasteiger partial charge is 0.133 e. The van der Waals surface area contributed by atoms with Gasteiger partial charge in [0.1, 0.15) is 17.4 Å². The number of imidazole rings is 1. The highest BCUT2D eigenvalue weighted by molar-refractivity contribution is 5.78. The quantitative estimate of drug-likeness (QED) is 0.639. The summed E-state index contributed by atoms with van der Waals surface area (Å²) in [6.07, 6.45) is 7.58. The second-order valence-corrected chi connectivity index (χ2v) is 3.71. The van der Waals surface area contributed by atoms with E-state index in [1.807, 2.05) is 0 Å². The van der Waals surface area contributed by atoms with Crippen LogP contribution in [0.2, 0.25) is 0 Å². The molecule has 0 saturated carbocycles. The topological polar surface area (TPSA) is 50.9 Å². The van der Waals surface area contributed by atoms with Crippen molar-refractivity contribution in [1.82, 2.24) is 14.7 Å². The Morgan fingerprint density at radius 1 is 1.21 bits per heavy atom. The SMILES string of the molecule is On1cnc2cnc3c(c21)CCCC3. The summed E-state index contributed by atoms with van der Waals surface area (Å²) in [4.78, 5) is 8.45. The molecule has 0 atom stereocenters. The molecule has 3 rings (SSSR count). The molecule has 4 heteroatoms. The van der Waals surface area contributed by atoms with Crippen LogP contribution in [0.4, 0.5) is 0 Å². The largest absolute Gasteiger partial charge is 0.427 e. The molecule has 1 aliphatic rings. The minimum absolute atomic E-state index is 0.785. The number of fused-ring (bicyclic) bond motifs is 3. The zero-order valence-corrected chi connectivity index (χ0v) is 7.77. The molecule has 0 unspecified atom stereocenters. The fourth-order valence-electron chi connectivity index (χ4n) is 2.17. The van der Waals surface area contributed by atoms with Gasteiger partial charge in [-0.2, -0.15) is 4.73 Å². The molecule has 0 radical (unpaired) electrons. The van der Waals surface area contributed by atoms with E-state index < -0.39 is 0 Å². The van der Waals surface area contributed by atoms with Gasteiger partial charge in [0.05, 0.1) is 6.20 Å². The van der Waals surface area contributed by atoms with Gasteiger partial charge in [-0.3, -0.25) is 4.98 Å². The molecule has 0 saturated heterocycles. The maximum atomic E-state index is 9.59. The van der Waals surface area contributed by atoms with Crippen molar-refractivity contribution in [3.8, 4) is 0 Å². The van der Waals surface area contributed by atoms with Crippen molar-refractivity contribution in [2.75, 3.05) is 0 Å². The highest BCUT2D eigenvalue weighted by Crippen LogP contribution is 2.25. The van der Waals surface area contributed by atoms with Crippen molar-refractivity contribution >= 4 is 11.0 Å². The van der Waals surface area contributed by atoms with Gasteiger partial charge in [0.2, 0.25) is 0 Å². The van der Waals surface area contributed by atoms with Gasteiger partial charge >= 0.3 is 0 Å². The van der Waals surface area contributed by atoms with Crippen molar-refractivity contribution < 1.29 is 5.21 Å². The summed E-state index contributed by atoms with van der Waals surface area (Å²) in [5.74, 6) is 0. The molecule has 0 bridgehead atoms. The first kappa shape index (κ1) is 7.79. The molecule has 2 aromatic heterocycles. The molecule has 72 valence electrons. The second kappa shape index (κ2) is 2.70. The lowest BCUT2D eigenvalue weighted by Gasteiger charge is -2.14. The molecule has 0 aliphatic heterocycles. The van der Waals surface area contributed by atoms with E-state index in [9.17, 15) is 5.21 Å². The first-order valence-electron chi connectivity index (χ1n) is 4.89. The average Bonchev–Trinajstić information content (AvgIpc) is 2.61. The van der Waals surface area contributed by atoms with Gasteiger partial charge in [-0.15, -0.1) is 0 Å². The van der Waals surface area contributed by atoms with E-state index >= 15 is 0 Å². The molecular formula is C10H11N3O. The van der Waals surface area contributed by atoms with Gasteiger partial charge in [0, 0.05) is 11.3 Å². The summed E-state index contributed by atoms with van der Waals surface area (Å²) in [6.45, 7) is 0. The lowest BCUT2D eigenvalue weighted by molar-refractivity contribution is 0.197. The average molecular weight is 189 g/mol. The Hall–Kier alpha value is -1.58. The Balaban J connectivity index is 2.38. The third-order valence-corrected chi connectivity index (χ3v) is 2.85. The van der Waals surface area contributed by atoms with E-state index in [1.54, 1.807) is 6.20 Å². The van der Waals surface area contributed by atoms with Crippen LogP contribution < -0.4 is 0 Å². The van der Waals surface area contributed by atoms with Crippen molar-refractivity contribution in [3.63, 3.8) is 0 Å². The molecule has 2 aromatic rings. The van der Waals surface area contributed by atoms with Gasteiger partial charge in [0.25, 0.3) is 0 Å². The molecule has 4 nitrogen and oxygen atoms in total. The third kappa shape index (κ3) is 0.937. The van der Waals surface area contributed by atoms with Gasteiger partial charge in [-0.25, -0.2) is 4.98 Å². The van der Waals surface area contributed by atoms with E-state index in [1.165, 1.54) is 24.7 Å². The van der Waals surface area contributed by atoms with Crippen LogP contribution >= 0.6 is 0 Å². The second-order valence-electron chi connectivity index (χ2n) is 3.71. The number of hydrogen-bond donors (Lipinski definition) is 1. The summed E-state index contributed by atoms with van der Waals surface area (Å²) >= 11 is 0. The molecule has 2 heterocycles. The Labute approximate surface area is 81.2 Å². The van der Waals surface area contributed by atoms with Crippen LogP contribution in [-0.2, 0) is 12.8 Å². The van der Waals surface area contributed by atoms with Gasteiger partial charge < -0.3 is 5.21 Å². The maximum absolute atomic E-state index is 9.59. The van der Waals surface area contributed by atoms with Crippen LogP contribution in [0.1, 0.15) is 24.1 Å². The molecule has 1 N–H and O–H groups in total. The van der Waals surface area contributed by atoms with Crippen LogP contribution in [0.25, 0.3) is 11.0 Å². The molecule has 0 fully saturated rings. The molecule has 1 aliphatic carbocycles. The first-order valence-corrected chi connectivity index (χ1v) is 4.89. The van der Waals surface area contributed by atoms with E-state index in [2.05, 4.69) is 9.97 Å². The normalized spacial score (nSPS) is 15.7. The summed E-state index contributed by atoms with van der Waals surface area (Å²) in [5, 5.41) is 9.59. The Bertz CT molecular complexity index is 489. The van der Waals surface area contributed by atoms with Crippen molar-refractivity contribution in [2.24, 2.45) is 0 Å². The summed E-state index contributed by atoms with van der Waals surface area (Å²) in [6, 6.07) is 0. The third-order valence-electron chi connectivity index (χ3n) is 2.85. The zero-order chi connectivity index (χ0) is 9.54. The molecule has 0 amide bonds. The Kier molecular flexibility index (Phi) is 1.50. The van der Waals surface area contributed by atoms with Crippen molar-refractivity contribution in [2.45, 2.75) is 25.7 Å². The predicted octanol–water partition coefficient (Wildman–Crippen LogP) is 1.55. The molecule has 14 heavy (non-hydrogen) atoms. The van der Waals surface area contributed by atoms with Crippen LogP contribution in [0.3, 0.4) is 0 Å². The van der Waals surface area contributed by atoms with E-state index in [-0.39, 0.29) is 0 Å². The van der Waals surface area contributed by atoms with Crippen molar-refractivity contribution in [3.05, 3.63) is 23.8 Å². The molecule has 0 aromatic carbocycles. The lowest BCUT2D eigenvalue weighted by atomic mass is 9.95. The first-order chi connectivity index (χ1) is 6.86. The van der Waals surface area contributed by atoms with Gasteiger partial charge in [-0.05, 0) is 25.7 Å². The van der Waals surface area contributed by atoms with Crippen LogP contribution in [0.5, 0.6) is 0 Å². The summed E-state index contributed by atoms with van der Waals surface area (Å²) in [7, 11) is 0. The van der Waals surface area contributed by atoms with Crippen LogP contribution in [0, 0.1) is 0 Å². The fourth-order valence-corrected chi connectivity index (χ4v) is 2.17. The standard InChI is InChI=1S/C10H11N3O/c14-13-6-12-9-5-11-8-4-2-1-3-7(8)10(9)13/h5-6,14H,1-4H2. The number of nitrogens with zero attached hydrogens (tertiary/aromatic N) is 3. The summed E-state index contributed by atoms with van der Waals surface area (Å²) in [5.41, 5.74) is 3.93. The molecular weight excluding hydrogens is 178 g/mol. The number of aryl methyl sites for hydroxylation is 2. The highest BCUT2D eigenvalue weighted by Gasteiger charge is 2.16. The Morgan fingerprint density at radius 3 is 3.00 bits per heavy atom. The van der Waals surface area contributed by atoms with E-state index in [4.69, 9.17) is 0 Å². The van der Waals surface area contributed by atoms with Crippen LogP contribution in [-0.4, -0.2) is 19.9 Å². The maximum Gasteiger partial charge on any atom is 0.133 e. The number of pyridine rings is 1. The lowest BCUT2D eigenvalue weighted by Crippen LogP contribution is -2.07. The van der Waals surface area contributed by atoms with Gasteiger partial charge in [0.15, 0.2) is 0 Å². The monoisotopic (exact) mass is 189 g/mol. The summed E-state index contributed by atoms with van der Waals surface area (Å²) < 4.78 is 1.11. The fraction of sp³-hybridized carbons (Fsp3) is 0.400. The van der Waals surface area contributed by atoms with Crippen molar-refractivity contribution in [1.29, 1.82) is 0 Å². The minimum atomic E-state index is 0.785. The number of hydrogen-bond acceptors (Lipinski definition) is 3. The zero-order valence-electron chi connectivity index (χ0n) is 7.77. The highest BCUT2D eigenvalue weighted by atomic mass is 16.5. The number of aromatic nitrogens is 3. The van der Waals surface area contributed by atoms with E-state index in [0.29, 0.717) is 0 Å². The minimum Gasteiger partial charge on any atom is -0.427 e.